The Labute approximate surface area is 192 Å². The number of carbonyl (C=O) groups excluding carboxylic acids is 2. The van der Waals surface area contributed by atoms with Gasteiger partial charge in [-0.2, -0.15) is 0 Å². The van der Waals surface area contributed by atoms with Crippen molar-refractivity contribution in [1.29, 1.82) is 0 Å². The summed E-state index contributed by atoms with van der Waals surface area (Å²) in [7, 11) is 1.65. The quantitative estimate of drug-likeness (QED) is 0.541. The van der Waals surface area contributed by atoms with Crippen LogP contribution in [0.15, 0.2) is 53.0 Å². The lowest BCUT2D eigenvalue weighted by Gasteiger charge is -2.31. The summed E-state index contributed by atoms with van der Waals surface area (Å²) in [4.78, 5) is 27.3. The Morgan fingerprint density at radius 1 is 1.10 bits per heavy atom. The number of piperidine rings is 1. The molecule has 0 aromatic heterocycles. The van der Waals surface area contributed by atoms with Gasteiger partial charge in [0, 0.05) is 49.3 Å². The number of halogens is 1. The highest BCUT2D eigenvalue weighted by atomic mass is 79.9. The fourth-order valence-corrected chi connectivity index (χ4v) is 4.03. The van der Waals surface area contributed by atoms with Crippen molar-refractivity contribution in [2.75, 3.05) is 33.4 Å². The van der Waals surface area contributed by atoms with Crippen molar-refractivity contribution in [3.63, 3.8) is 0 Å². The minimum atomic E-state index is -0.0540. The minimum Gasteiger partial charge on any atom is -0.488 e. The van der Waals surface area contributed by atoms with Gasteiger partial charge < -0.3 is 19.7 Å². The highest BCUT2D eigenvalue weighted by Crippen LogP contribution is 2.26. The maximum absolute atomic E-state index is 13.1. The van der Waals surface area contributed by atoms with E-state index in [4.69, 9.17) is 9.47 Å². The summed E-state index contributed by atoms with van der Waals surface area (Å²) in [5.74, 6) is 0.539. The van der Waals surface area contributed by atoms with Gasteiger partial charge in [-0.1, -0.05) is 46.3 Å². The van der Waals surface area contributed by atoms with Crippen LogP contribution < -0.4 is 10.1 Å². The van der Waals surface area contributed by atoms with Gasteiger partial charge in [-0.15, -0.1) is 0 Å². The van der Waals surface area contributed by atoms with Gasteiger partial charge >= 0.3 is 0 Å². The van der Waals surface area contributed by atoms with Gasteiger partial charge in [-0.25, -0.2) is 0 Å². The molecule has 0 radical (unpaired) electrons. The average molecular weight is 489 g/mol. The van der Waals surface area contributed by atoms with Gasteiger partial charge in [-0.3, -0.25) is 9.59 Å². The molecule has 7 heteroatoms. The predicted molar refractivity (Wildman–Crippen MR) is 123 cm³/mol. The van der Waals surface area contributed by atoms with E-state index in [1.807, 2.05) is 47.4 Å². The van der Waals surface area contributed by atoms with Gasteiger partial charge in [0.1, 0.15) is 12.4 Å². The number of carbonyl (C=O) groups is 2. The molecule has 1 aliphatic heterocycles. The molecule has 6 nitrogen and oxygen atoms in total. The summed E-state index contributed by atoms with van der Waals surface area (Å²) >= 11 is 3.53. The lowest BCUT2D eigenvalue weighted by atomic mass is 9.95. The van der Waals surface area contributed by atoms with E-state index >= 15 is 0 Å². The number of benzene rings is 2. The number of likely N-dealkylation sites (tertiary alicyclic amines) is 1. The molecule has 0 saturated carbocycles. The highest BCUT2D eigenvalue weighted by molar-refractivity contribution is 9.10. The zero-order chi connectivity index (χ0) is 22.1. The summed E-state index contributed by atoms with van der Waals surface area (Å²) in [5.41, 5.74) is 1.57. The van der Waals surface area contributed by atoms with Gasteiger partial charge in [0.25, 0.3) is 5.91 Å². The topological polar surface area (TPSA) is 67.9 Å². The fraction of sp³-hybridized carbons (Fsp3) is 0.417. The maximum atomic E-state index is 13.1. The van der Waals surface area contributed by atoms with Crippen molar-refractivity contribution >= 4 is 27.7 Å². The number of rotatable bonds is 9. The van der Waals surface area contributed by atoms with Crippen LogP contribution in [0.2, 0.25) is 0 Å². The molecule has 0 bridgehead atoms. The van der Waals surface area contributed by atoms with Gasteiger partial charge in [0.05, 0.1) is 5.56 Å². The number of amides is 2. The number of nitrogens with one attached hydrogen (secondary N) is 1. The first kappa shape index (κ1) is 23.3. The zero-order valence-electron chi connectivity index (χ0n) is 17.8. The lowest BCUT2D eigenvalue weighted by Crippen LogP contribution is -2.43. The molecular formula is C24H29BrN2O4. The fourth-order valence-electron chi connectivity index (χ4n) is 3.63. The van der Waals surface area contributed by atoms with Gasteiger partial charge in [0.15, 0.2) is 0 Å². The second-order valence-corrected chi connectivity index (χ2v) is 8.43. The van der Waals surface area contributed by atoms with Crippen molar-refractivity contribution in [1.82, 2.24) is 10.2 Å². The molecule has 166 valence electrons. The molecule has 1 N–H and O–H groups in total. The van der Waals surface area contributed by atoms with Crippen molar-refractivity contribution in [3.8, 4) is 5.75 Å². The number of hydrogen-bond acceptors (Lipinski definition) is 4. The van der Waals surface area contributed by atoms with Crippen molar-refractivity contribution in [3.05, 3.63) is 64.1 Å². The predicted octanol–water partition coefficient (Wildman–Crippen LogP) is 4.03. The summed E-state index contributed by atoms with van der Waals surface area (Å²) in [6, 6.07) is 15.2. The molecule has 2 amide bonds. The van der Waals surface area contributed by atoms with Crippen LogP contribution in [-0.2, 0) is 16.1 Å². The summed E-state index contributed by atoms with van der Waals surface area (Å²) in [6.07, 6.45) is 2.14. The van der Waals surface area contributed by atoms with E-state index in [1.165, 1.54) is 0 Å². The Bertz CT molecular complexity index is 881. The molecule has 1 heterocycles. The van der Waals surface area contributed by atoms with E-state index in [-0.39, 0.29) is 17.7 Å². The standard InChI is InChI=1S/C24H29BrN2O4/c1-30-16-6-13-26-23(28)18-11-14-27(15-12-18)24(29)20-8-3-5-10-22(20)31-17-19-7-2-4-9-21(19)25/h2-5,7-10,18H,6,11-17H2,1H3,(H,26,28). The van der Waals surface area contributed by atoms with Crippen LogP contribution >= 0.6 is 15.9 Å². The molecule has 1 saturated heterocycles. The zero-order valence-corrected chi connectivity index (χ0v) is 19.4. The first-order chi connectivity index (χ1) is 15.1. The third-order valence-electron chi connectivity index (χ3n) is 5.44. The lowest BCUT2D eigenvalue weighted by molar-refractivity contribution is -0.126. The Kier molecular flexibility index (Phi) is 8.91. The van der Waals surface area contributed by atoms with Crippen LogP contribution in [0.4, 0.5) is 0 Å². The molecular weight excluding hydrogens is 460 g/mol. The smallest absolute Gasteiger partial charge is 0.257 e. The van der Waals surface area contributed by atoms with Crippen molar-refractivity contribution in [2.24, 2.45) is 5.92 Å². The molecule has 2 aromatic rings. The molecule has 1 aliphatic rings. The van der Waals surface area contributed by atoms with E-state index in [1.54, 1.807) is 13.2 Å². The van der Waals surface area contributed by atoms with Crippen molar-refractivity contribution < 1.29 is 19.1 Å². The number of nitrogens with zero attached hydrogens (tertiary/aromatic N) is 1. The van der Waals surface area contributed by atoms with Crippen LogP contribution in [-0.4, -0.2) is 50.1 Å². The Morgan fingerprint density at radius 2 is 1.81 bits per heavy atom. The number of para-hydroxylation sites is 1. The largest absolute Gasteiger partial charge is 0.488 e. The Balaban J connectivity index is 1.55. The van der Waals surface area contributed by atoms with Crippen LogP contribution in [0, 0.1) is 5.92 Å². The van der Waals surface area contributed by atoms with E-state index < -0.39 is 0 Å². The van der Waals surface area contributed by atoms with Crippen LogP contribution in [0.25, 0.3) is 0 Å². The first-order valence-corrected chi connectivity index (χ1v) is 11.4. The Morgan fingerprint density at radius 3 is 2.55 bits per heavy atom. The van der Waals surface area contributed by atoms with Crippen LogP contribution in [0.5, 0.6) is 5.75 Å². The number of methoxy groups -OCH3 is 1. The summed E-state index contributed by atoms with van der Waals surface area (Å²) < 4.78 is 12.0. The second kappa shape index (κ2) is 11.9. The second-order valence-electron chi connectivity index (χ2n) is 7.58. The maximum Gasteiger partial charge on any atom is 0.257 e. The number of hydrogen-bond donors (Lipinski definition) is 1. The number of ether oxygens (including phenoxy) is 2. The molecule has 2 aromatic carbocycles. The molecule has 31 heavy (non-hydrogen) atoms. The average Bonchev–Trinajstić information content (AvgIpc) is 2.81. The molecule has 0 atom stereocenters. The Hall–Kier alpha value is -2.38. The van der Waals surface area contributed by atoms with E-state index in [2.05, 4.69) is 21.2 Å². The van der Waals surface area contributed by atoms with Crippen LogP contribution in [0.3, 0.4) is 0 Å². The molecule has 0 aliphatic carbocycles. The normalized spacial score (nSPS) is 14.3. The van der Waals surface area contributed by atoms with Gasteiger partial charge in [-0.05, 0) is 37.5 Å². The van der Waals surface area contributed by atoms with Crippen molar-refractivity contribution in [2.45, 2.75) is 25.9 Å². The molecule has 1 fully saturated rings. The molecule has 0 spiro atoms. The monoisotopic (exact) mass is 488 g/mol. The van der Waals surface area contributed by atoms with Crippen LogP contribution in [0.1, 0.15) is 35.2 Å². The third-order valence-corrected chi connectivity index (χ3v) is 6.21. The van der Waals surface area contributed by atoms with E-state index in [0.29, 0.717) is 57.0 Å². The van der Waals surface area contributed by atoms with E-state index in [9.17, 15) is 9.59 Å². The summed E-state index contributed by atoms with van der Waals surface area (Å²) in [5, 5.41) is 2.96. The molecule has 3 rings (SSSR count). The SMILES string of the molecule is COCCCNC(=O)C1CCN(C(=O)c2ccccc2OCc2ccccc2Br)CC1. The van der Waals surface area contributed by atoms with Gasteiger partial charge in [0.2, 0.25) is 5.91 Å². The highest BCUT2D eigenvalue weighted by Gasteiger charge is 2.28. The summed E-state index contributed by atoms with van der Waals surface area (Å²) in [6.45, 7) is 2.75. The first-order valence-electron chi connectivity index (χ1n) is 10.6. The minimum absolute atomic E-state index is 0.0477. The third kappa shape index (κ3) is 6.55. The van der Waals surface area contributed by atoms with E-state index in [0.717, 1.165) is 16.5 Å². The molecule has 0 unspecified atom stereocenters.